The molecule has 0 aromatic heterocycles. The number of carbonyl (C=O) groups is 3. The summed E-state index contributed by atoms with van der Waals surface area (Å²) in [5.74, 6) is -1.46. The minimum Gasteiger partial charge on any atom is -0.360 e. The summed E-state index contributed by atoms with van der Waals surface area (Å²) in [5.41, 5.74) is 1.85. The number of aryl methyl sites for hydroxylation is 1. The average Bonchev–Trinajstić information content (AvgIpc) is 3.47. The van der Waals surface area contributed by atoms with E-state index in [9.17, 15) is 14.4 Å². The van der Waals surface area contributed by atoms with Crippen molar-refractivity contribution in [1.29, 1.82) is 0 Å². The van der Waals surface area contributed by atoms with Crippen molar-refractivity contribution in [3.63, 3.8) is 0 Å². The van der Waals surface area contributed by atoms with Gasteiger partial charge in [-0.05, 0) is 49.6 Å². The smallest absolute Gasteiger partial charge is 0.234 e. The molecule has 5 atom stereocenters. The topological polar surface area (TPSA) is 87.7 Å². The number of hydrogen-bond donors (Lipinski definition) is 2. The maximum absolute atomic E-state index is 13.5. The Morgan fingerprint density at radius 1 is 1.15 bits per heavy atom. The number of nitrogens with one attached hydrogen (secondary N) is 2. The van der Waals surface area contributed by atoms with Gasteiger partial charge in [-0.15, -0.1) is 0 Å². The third kappa shape index (κ3) is 4.01. The molecule has 3 amide bonds. The zero-order valence-corrected chi connectivity index (χ0v) is 19.4. The molecule has 2 N–H and O–H groups in total. The zero-order valence-electron chi connectivity index (χ0n) is 19.4. The van der Waals surface area contributed by atoms with Gasteiger partial charge in [-0.3, -0.25) is 14.4 Å². The number of carbonyl (C=O) groups excluding carboxylic acids is 3. The van der Waals surface area contributed by atoms with Crippen LogP contribution in [0.25, 0.3) is 0 Å². The molecule has 3 aliphatic heterocycles. The Morgan fingerprint density at radius 2 is 1.88 bits per heavy atom. The monoisotopic (exact) mass is 459 g/mol. The van der Waals surface area contributed by atoms with Crippen molar-refractivity contribution in [3.05, 3.63) is 72.3 Å². The molecule has 2 aromatic carbocycles. The quantitative estimate of drug-likeness (QED) is 0.623. The average molecular weight is 460 g/mol. The van der Waals surface area contributed by atoms with E-state index in [0.717, 1.165) is 18.5 Å². The fourth-order valence-corrected chi connectivity index (χ4v) is 5.38. The fourth-order valence-electron chi connectivity index (χ4n) is 5.38. The van der Waals surface area contributed by atoms with E-state index in [1.54, 1.807) is 29.2 Å². The summed E-state index contributed by atoms with van der Waals surface area (Å²) in [7, 11) is 0. The summed E-state index contributed by atoms with van der Waals surface area (Å²) < 4.78 is 6.24. The normalized spacial score (nSPS) is 27.5. The molecule has 1 spiro atoms. The van der Waals surface area contributed by atoms with Crippen LogP contribution in [-0.4, -0.2) is 42.0 Å². The number of hydrogen-bond acceptors (Lipinski definition) is 4. The minimum atomic E-state index is -0.770. The lowest BCUT2D eigenvalue weighted by molar-refractivity contribution is -0.132. The Labute approximate surface area is 199 Å². The van der Waals surface area contributed by atoms with Crippen LogP contribution in [-0.2, 0) is 25.5 Å². The van der Waals surface area contributed by atoms with Crippen molar-refractivity contribution >= 4 is 29.1 Å². The minimum absolute atomic E-state index is 0.0132. The fraction of sp³-hybridized carbons (Fsp3) is 0.370. The number of amides is 3. The standard InChI is InChI=1S/C27H29N3O4/c1-17(8-9-19-6-4-3-5-7-19)28-25(32)23-22-14-15-27(34-22)16-30(26(33)24(23)27)21-12-10-20(11-13-21)29-18(2)31/h3-7,10-15,17,22-24H,8-9,16H2,1-2H3,(H,28,32)(H,29,31)/t17?,22?,23?,24?,27-/m1/s1. The molecular weight excluding hydrogens is 430 g/mol. The van der Waals surface area contributed by atoms with E-state index in [2.05, 4.69) is 22.8 Å². The van der Waals surface area contributed by atoms with Crippen LogP contribution in [0, 0.1) is 11.8 Å². The molecule has 34 heavy (non-hydrogen) atoms. The number of ether oxygens (including phenoxy) is 1. The molecule has 5 rings (SSSR count). The lowest BCUT2D eigenvalue weighted by Crippen LogP contribution is -2.46. The van der Waals surface area contributed by atoms with E-state index in [-0.39, 0.29) is 29.9 Å². The van der Waals surface area contributed by atoms with E-state index in [0.29, 0.717) is 12.2 Å². The summed E-state index contributed by atoms with van der Waals surface area (Å²) in [5, 5.41) is 5.85. The van der Waals surface area contributed by atoms with Crippen LogP contribution >= 0.6 is 0 Å². The SMILES string of the molecule is CC(=O)Nc1ccc(N2C[C@@]34C=CC(O3)C(C(=O)NC(C)CCc3ccccc3)C4C2=O)cc1. The van der Waals surface area contributed by atoms with Crippen LogP contribution in [0.3, 0.4) is 0 Å². The summed E-state index contributed by atoms with van der Waals surface area (Å²) in [4.78, 5) is 39.8. The van der Waals surface area contributed by atoms with Crippen LogP contribution in [0.2, 0.25) is 0 Å². The van der Waals surface area contributed by atoms with Crippen LogP contribution in [0.1, 0.15) is 25.8 Å². The lowest BCUT2D eigenvalue weighted by Gasteiger charge is -2.25. The van der Waals surface area contributed by atoms with E-state index in [4.69, 9.17) is 4.74 Å². The lowest BCUT2D eigenvalue weighted by atomic mass is 9.76. The Balaban J connectivity index is 1.27. The Hall–Kier alpha value is -3.45. The molecule has 4 unspecified atom stereocenters. The van der Waals surface area contributed by atoms with Crippen molar-refractivity contribution in [2.75, 3.05) is 16.8 Å². The van der Waals surface area contributed by atoms with Gasteiger partial charge < -0.3 is 20.3 Å². The van der Waals surface area contributed by atoms with Crippen molar-refractivity contribution in [1.82, 2.24) is 5.32 Å². The first-order chi connectivity index (χ1) is 16.4. The van der Waals surface area contributed by atoms with Gasteiger partial charge in [-0.2, -0.15) is 0 Å². The molecule has 2 saturated heterocycles. The van der Waals surface area contributed by atoms with Crippen molar-refractivity contribution in [2.45, 2.75) is 44.4 Å². The first-order valence-electron chi connectivity index (χ1n) is 11.8. The van der Waals surface area contributed by atoms with Gasteiger partial charge >= 0.3 is 0 Å². The highest BCUT2D eigenvalue weighted by molar-refractivity contribution is 6.03. The predicted octanol–water partition coefficient (Wildman–Crippen LogP) is 3.07. The van der Waals surface area contributed by atoms with Crippen molar-refractivity contribution in [2.24, 2.45) is 11.8 Å². The summed E-state index contributed by atoms with van der Waals surface area (Å²) in [6.07, 6.45) is 5.20. The number of nitrogens with zero attached hydrogens (tertiary/aromatic N) is 1. The molecule has 3 aliphatic rings. The van der Waals surface area contributed by atoms with E-state index >= 15 is 0 Å². The Bertz CT molecular complexity index is 1130. The summed E-state index contributed by atoms with van der Waals surface area (Å²) in [6.45, 7) is 3.82. The predicted molar refractivity (Wildman–Crippen MR) is 129 cm³/mol. The van der Waals surface area contributed by atoms with Gasteiger partial charge in [0.2, 0.25) is 17.7 Å². The maximum atomic E-state index is 13.5. The third-order valence-corrected chi connectivity index (χ3v) is 7.00. The molecule has 176 valence electrons. The van der Waals surface area contributed by atoms with Gasteiger partial charge in [0.05, 0.1) is 24.5 Å². The molecule has 2 fully saturated rings. The largest absolute Gasteiger partial charge is 0.360 e. The third-order valence-electron chi connectivity index (χ3n) is 7.00. The van der Waals surface area contributed by atoms with Crippen LogP contribution in [0.5, 0.6) is 0 Å². The maximum Gasteiger partial charge on any atom is 0.234 e. The molecule has 0 saturated carbocycles. The number of anilines is 2. The van der Waals surface area contributed by atoms with Crippen molar-refractivity contribution in [3.8, 4) is 0 Å². The second-order valence-corrected chi connectivity index (χ2v) is 9.49. The molecule has 2 bridgehead atoms. The molecular formula is C27H29N3O4. The van der Waals surface area contributed by atoms with Crippen LogP contribution < -0.4 is 15.5 Å². The second-order valence-electron chi connectivity index (χ2n) is 9.49. The van der Waals surface area contributed by atoms with Gasteiger partial charge in [0.1, 0.15) is 5.60 Å². The van der Waals surface area contributed by atoms with Gasteiger partial charge in [0.15, 0.2) is 0 Å². The Kier molecular flexibility index (Phi) is 5.73. The first-order valence-corrected chi connectivity index (χ1v) is 11.8. The summed E-state index contributed by atoms with van der Waals surface area (Å²) >= 11 is 0. The number of benzene rings is 2. The molecule has 7 nitrogen and oxygen atoms in total. The number of rotatable bonds is 7. The first kappa shape index (κ1) is 22.3. The molecule has 7 heteroatoms. The van der Waals surface area contributed by atoms with Crippen LogP contribution in [0.15, 0.2) is 66.7 Å². The zero-order chi connectivity index (χ0) is 23.9. The van der Waals surface area contributed by atoms with Gasteiger partial charge in [0.25, 0.3) is 0 Å². The Morgan fingerprint density at radius 3 is 2.59 bits per heavy atom. The van der Waals surface area contributed by atoms with Crippen molar-refractivity contribution < 1.29 is 19.1 Å². The molecule has 2 aromatic rings. The highest BCUT2D eigenvalue weighted by Gasteiger charge is 2.67. The van der Waals surface area contributed by atoms with E-state index < -0.39 is 17.4 Å². The highest BCUT2D eigenvalue weighted by Crippen LogP contribution is 2.52. The highest BCUT2D eigenvalue weighted by atomic mass is 16.5. The molecule has 0 aliphatic carbocycles. The van der Waals surface area contributed by atoms with Gasteiger partial charge in [-0.1, -0.05) is 42.5 Å². The molecule has 0 radical (unpaired) electrons. The van der Waals surface area contributed by atoms with Gasteiger partial charge in [0, 0.05) is 24.3 Å². The second kappa shape index (κ2) is 8.72. The van der Waals surface area contributed by atoms with E-state index in [1.165, 1.54) is 12.5 Å². The molecule has 3 heterocycles. The van der Waals surface area contributed by atoms with Crippen LogP contribution in [0.4, 0.5) is 11.4 Å². The number of fused-ring (bicyclic) bond motifs is 1. The van der Waals surface area contributed by atoms with Gasteiger partial charge in [-0.25, -0.2) is 0 Å². The van der Waals surface area contributed by atoms with E-state index in [1.807, 2.05) is 37.3 Å². The summed E-state index contributed by atoms with van der Waals surface area (Å²) in [6, 6.07) is 17.3.